The Morgan fingerprint density at radius 2 is 2.25 bits per heavy atom. The SMILES string of the molecule is Cc1ccccc1CC(C)NC(=O)CCC1CCCO1. The van der Waals surface area contributed by atoms with E-state index in [1.165, 1.54) is 11.1 Å². The standard InChI is InChI=1S/C17H25NO2/c1-13-6-3-4-7-15(13)12-14(2)18-17(19)10-9-16-8-5-11-20-16/h3-4,6-7,14,16H,5,8-12H2,1-2H3,(H,18,19). The maximum atomic E-state index is 11.9. The summed E-state index contributed by atoms with van der Waals surface area (Å²) >= 11 is 0. The van der Waals surface area contributed by atoms with Crippen LogP contribution in [0.4, 0.5) is 0 Å². The van der Waals surface area contributed by atoms with Crippen molar-refractivity contribution in [1.82, 2.24) is 5.32 Å². The van der Waals surface area contributed by atoms with Gasteiger partial charge in [0.1, 0.15) is 0 Å². The summed E-state index contributed by atoms with van der Waals surface area (Å²) in [4.78, 5) is 11.9. The van der Waals surface area contributed by atoms with E-state index in [1.807, 2.05) is 12.1 Å². The van der Waals surface area contributed by atoms with Crippen LogP contribution < -0.4 is 5.32 Å². The molecule has 2 rings (SSSR count). The molecule has 110 valence electrons. The molecule has 3 heteroatoms. The first kappa shape index (κ1) is 15.0. The molecule has 0 saturated carbocycles. The first-order valence-corrected chi connectivity index (χ1v) is 7.60. The average Bonchev–Trinajstić information content (AvgIpc) is 2.92. The van der Waals surface area contributed by atoms with Crippen LogP contribution in [0, 0.1) is 6.92 Å². The van der Waals surface area contributed by atoms with Crippen molar-refractivity contribution in [2.24, 2.45) is 0 Å². The maximum Gasteiger partial charge on any atom is 0.220 e. The van der Waals surface area contributed by atoms with E-state index < -0.39 is 0 Å². The van der Waals surface area contributed by atoms with E-state index in [1.54, 1.807) is 0 Å². The van der Waals surface area contributed by atoms with Crippen molar-refractivity contribution in [2.45, 2.75) is 58.1 Å². The molecule has 1 aromatic rings. The first-order valence-electron chi connectivity index (χ1n) is 7.60. The van der Waals surface area contributed by atoms with Gasteiger partial charge in [-0.25, -0.2) is 0 Å². The number of carbonyl (C=O) groups is 1. The van der Waals surface area contributed by atoms with Crippen molar-refractivity contribution in [3.05, 3.63) is 35.4 Å². The third kappa shape index (κ3) is 4.64. The van der Waals surface area contributed by atoms with E-state index >= 15 is 0 Å². The zero-order valence-electron chi connectivity index (χ0n) is 12.5. The van der Waals surface area contributed by atoms with Gasteiger partial charge in [0, 0.05) is 19.1 Å². The molecule has 0 radical (unpaired) electrons. The molecule has 2 unspecified atom stereocenters. The van der Waals surface area contributed by atoms with Crippen molar-refractivity contribution >= 4 is 5.91 Å². The smallest absolute Gasteiger partial charge is 0.220 e. The molecule has 1 fully saturated rings. The summed E-state index contributed by atoms with van der Waals surface area (Å²) in [6, 6.07) is 8.51. The highest BCUT2D eigenvalue weighted by Crippen LogP contribution is 2.16. The molecule has 1 heterocycles. The van der Waals surface area contributed by atoms with Crippen LogP contribution >= 0.6 is 0 Å². The number of nitrogens with one attached hydrogen (secondary N) is 1. The molecule has 20 heavy (non-hydrogen) atoms. The zero-order valence-corrected chi connectivity index (χ0v) is 12.5. The van der Waals surface area contributed by atoms with Gasteiger partial charge < -0.3 is 10.1 Å². The summed E-state index contributed by atoms with van der Waals surface area (Å²) in [5.74, 6) is 0.140. The van der Waals surface area contributed by atoms with Crippen molar-refractivity contribution in [2.75, 3.05) is 6.61 Å². The molecule has 1 saturated heterocycles. The third-order valence-corrected chi connectivity index (χ3v) is 3.91. The fraction of sp³-hybridized carbons (Fsp3) is 0.588. The highest BCUT2D eigenvalue weighted by Gasteiger charge is 2.17. The molecule has 0 aromatic heterocycles. The quantitative estimate of drug-likeness (QED) is 0.866. The minimum atomic E-state index is 0.140. The van der Waals surface area contributed by atoms with Gasteiger partial charge in [0.15, 0.2) is 0 Å². The van der Waals surface area contributed by atoms with Gasteiger partial charge in [-0.1, -0.05) is 24.3 Å². The Labute approximate surface area is 121 Å². The van der Waals surface area contributed by atoms with Crippen molar-refractivity contribution in [3.8, 4) is 0 Å². The number of benzene rings is 1. The van der Waals surface area contributed by atoms with Crippen LogP contribution in [0.1, 0.15) is 43.7 Å². The molecule has 1 aliphatic heterocycles. The lowest BCUT2D eigenvalue weighted by molar-refractivity contribution is -0.122. The molecule has 0 spiro atoms. The van der Waals surface area contributed by atoms with Gasteiger partial charge in [0.05, 0.1) is 6.10 Å². The summed E-state index contributed by atoms with van der Waals surface area (Å²) in [6.45, 7) is 5.04. The zero-order chi connectivity index (χ0) is 14.4. The minimum absolute atomic E-state index is 0.140. The van der Waals surface area contributed by atoms with Gasteiger partial charge in [-0.05, 0) is 50.7 Å². The fourth-order valence-corrected chi connectivity index (χ4v) is 2.73. The van der Waals surface area contributed by atoms with Crippen LogP contribution in [0.3, 0.4) is 0 Å². The molecule has 3 nitrogen and oxygen atoms in total. The van der Waals surface area contributed by atoms with E-state index in [0.717, 1.165) is 32.3 Å². The fourth-order valence-electron chi connectivity index (χ4n) is 2.73. The molecule has 0 aliphatic carbocycles. The Hall–Kier alpha value is -1.35. The molecule has 1 N–H and O–H groups in total. The van der Waals surface area contributed by atoms with Crippen LogP contribution in [-0.4, -0.2) is 24.7 Å². The predicted molar refractivity (Wildman–Crippen MR) is 80.7 cm³/mol. The Balaban J connectivity index is 1.72. The molecular formula is C17H25NO2. The monoisotopic (exact) mass is 275 g/mol. The van der Waals surface area contributed by atoms with E-state index in [0.29, 0.717) is 12.5 Å². The highest BCUT2D eigenvalue weighted by molar-refractivity contribution is 5.76. The van der Waals surface area contributed by atoms with Crippen LogP contribution in [0.25, 0.3) is 0 Å². The van der Waals surface area contributed by atoms with Crippen LogP contribution in [0.15, 0.2) is 24.3 Å². The van der Waals surface area contributed by atoms with E-state index in [2.05, 4.69) is 31.3 Å². The second-order valence-corrected chi connectivity index (χ2v) is 5.77. The van der Waals surface area contributed by atoms with E-state index in [4.69, 9.17) is 4.74 Å². The predicted octanol–water partition coefficient (Wildman–Crippen LogP) is 3.00. The maximum absolute atomic E-state index is 11.9. The van der Waals surface area contributed by atoms with Crippen molar-refractivity contribution in [3.63, 3.8) is 0 Å². The largest absolute Gasteiger partial charge is 0.378 e. The minimum Gasteiger partial charge on any atom is -0.378 e. The van der Waals surface area contributed by atoms with Gasteiger partial charge in [-0.15, -0.1) is 0 Å². The summed E-state index contributed by atoms with van der Waals surface area (Å²) in [5.41, 5.74) is 2.59. The van der Waals surface area contributed by atoms with Crippen molar-refractivity contribution in [1.29, 1.82) is 0 Å². The topological polar surface area (TPSA) is 38.3 Å². The summed E-state index contributed by atoms with van der Waals surface area (Å²) in [7, 11) is 0. The van der Waals surface area contributed by atoms with Gasteiger partial charge in [0.2, 0.25) is 5.91 Å². The molecule has 1 aliphatic rings. The Morgan fingerprint density at radius 1 is 1.45 bits per heavy atom. The number of hydrogen-bond acceptors (Lipinski definition) is 2. The normalized spacial score (nSPS) is 19.8. The Morgan fingerprint density at radius 3 is 2.95 bits per heavy atom. The van der Waals surface area contributed by atoms with E-state index in [-0.39, 0.29) is 11.9 Å². The number of aryl methyl sites for hydroxylation is 1. The molecule has 1 aromatic carbocycles. The van der Waals surface area contributed by atoms with Crippen molar-refractivity contribution < 1.29 is 9.53 Å². The second-order valence-electron chi connectivity index (χ2n) is 5.77. The van der Waals surface area contributed by atoms with Crippen LogP contribution in [0.2, 0.25) is 0 Å². The number of ether oxygens (including phenoxy) is 1. The van der Waals surface area contributed by atoms with Gasteiger partial charge in [-0.3, -0.25) is 4.79 Å². The Bertz CT molecular complexity index is 438. The lowest BCUT2D eigenvalue weighted by Crippen LogP contribution is -2.34. The van der Waals surface area contributed by atoms with Gasteiger partial charge in [0.25, 0.3) is 0 Å². The average molecular weight is 275 g/mol. The van der Waals surface area contributed by atoms with Gasteiger partial charge >= 0.3 is 0 Å². The molecule has 0 bridgehead atoms. The summed E-state index contributed by atoms with van der Waals surface area (Å²) < 4.78 is 5.54. The lowest BCUT2D eigenvalue weighted by Gasteiger charge is -2.16. The first-order chi connectivity index (χ1) is 9.65. The van der Waals surface area contributed by atoms with Crippen LogP contribution in [-0.2, 0) is 16.0 Å². The van der Waals surface area contributed by atoms with Gasteiger partial charge in [-0.2, -0.15) is 0 Å². The summed E-state index contributed by atoms with van der Waals surface area (Å²) in [5, 5.41) is 3.09. The highest BCUT2D eigenvalue weighted by atomic mass is 16.5. The van der Waals surface area contributed by atoms with Crippen LogP contribution in [0.5, 0.6) is 0 Å². The molecule has 2 atom stereocenters. The third-order valence-electron chi connectivity index (χ3n) is 3.91. The lowest BCUT2D eigenvalue weighted by atomic mass is 10.0. The Kier molecular flexibility index (Phi) is 5.60. The number of carbonyl (C=O) groups excluding carboxylic acids is 1. The van der Waals surface area contributed by atoms with E-state index in [9.17, 15) is 4.79 Å². The number of rotatable bonds is 6. The number of amides is 1. The summed E-state index contributed by atoms with van der Waals surface area (Å²) in [6.07, 6.45) is 4.85. The second kappa shape index (κ2) is 7.44. The molecule has 1 amide bonds. The molecular weight excluding hydrogens is 250 g/mol. The number of hydrogen-bond donors (Lipinski definition) is 1.